The van der Waals surface area contributed by atoms with E-state index in [9.17, 15) is 18.9 Å². The topological polar surface area (TPSA) is 231 Å². The molecule has 128 valence electrons. The van der Waals surface area contributed by atoms with Crippen LogP contribution in [0.4, 0.5) is 0 Å². The number of carbonyl (C=O) groups is 3. The Labute approximate surface area is 123 Å². The number of nitrogens with two attached hydrogens (primary N) is 1. The standard InChI is InChI=1S/C4H10N3O5P.C4H6O5/c1-7(2-3(8)9)4(5)6-13(10,11)12;5-2(4(8)9)1-3(6)7/h2H2,1H3,(H,8,9)(H4,5,6,10,11,12);2,5H,1H2,(H,6,7)(H,8,9). The maximum atomic E-state index is 10.3. The molecule has 0 heterocycles. The second kappa shape index (κ2) is 9.68. The molecule has 0 aromatic rings. The van der Waals surface area contributed by atoms with E-state index >= 15 is 0 Å². The molecular formula is C8H16N3O10P. The summed E-state index contributed by atoms with van der Waals surface area (Å²) in [6.45, 7) is -0.477. The van der Waals surface area contributed by atoms with Gasteiger partial charge >= 0.3 is 25.7 Å². The molecule has 0 spiro atoms. The molecule has 0 amide bonds. The van der Waals surface area contributed by atoms with Crippen molar-refractivity contribution >= 4 is 31.6 Å². The molecule has 0 aromatic heterocycles. The minimum atomic E-state index is -4.59. The van der Waals surface area contributed by atoms with Crippen molar-refractivity contribution in [3.05, 3.63) is 0 Å². The Morgan fingerprint density at radius 1 is 1.18 bits per heavy atom. The summed E-state index contributed by atoms with van der Waals surface area (Å²) in [7, 11) is -3.34. The van der Waals surface area contributed by atoms with Crippen molar-refractivity contribution in [1.82, 2.24) is 4.90 Å². The minimum absolute atomic E-state index is 0.477. The molecule has 22 heavy (non-hydrogen) atoms. The summed E-state index contributed by atoms with van der Waals surface area (Å²) < 4.78 is 13.1. The molecule has 1 atom stereocenters. The molecule has 0 aliphatic rings. The van der Waals surface area contributed by atoms with E-state index in [2.05, 4.69) is 4.76 Å². The number of carboxylic acid groups (broad SMARTS) is 3. The lowest BCUT2D eigenvalue weighted by Gasteiger charge is -2.14. The van der Waals surface area contributed by atoms with Gasteiger partial charge in [-0.2, -0.15) is 0 Å². The van der Waals surface area contributed by atoms with Gasteiger partial charge in [-0.1, -0.05) is 0 Å². The third kappa shape index (κ3) is 14.2. The Morgan fingerprint density at radius 3 is 1.86 bits per heavy atom. The number of hydrogen-bond donors (Lipinski definition) is 7. The third-order valence-corrected chi connectivity index (χ3v) is 2.11. The Hall–Kier alpha value is -2.21. The normalized spacial score (nSPS) is 12.6. The molecule has 14 heteroatoms. The predicted octanol–water partition coefficient (Wildman–Crippen LogP) is -2.68. The van der Waals surface area contributed by atoms with Gasteiger partial charge in [0.05, 0.1) is 6.42 Å². The lowest BCUT2D eigenvalue weighted by Crippen LogP contribution is -2.37. The fourth-order valence-corrected chi connectivity index (χ4v) is 1.17. The number of aliphatic hydroxyl groups excluding tert-OH is 1. The number of nitrogens with zero attached hydrogens (tertiary/aromatic N) is 2. The van der Waals surface area contributed by atoms with Crippen LogP contribution in [0.2, 0.25) is 0 Å². The number of aliphatic hydroxyl groups is 1. The number of carboxylic acids is 3. The van der Waals surface area contributed by atoms with Gasteiger partial charge in [0.1, 0.15) is 6.54 Å². The summed E-state index contributed by atoms with van der Waals surface area (Å²) in [6, 6.07) is 0. The second-order valence-electron chi connectivity index (χ2n) is 3.67. The quantitative estimate of drug-likeness (QED) is 0.148. The van der Waals surface area contributed by atoms with Crippen LogP contribution in [0.15, 0.2) is 4.76 Å². The summed E-state index contributed by atoms with van der Waals surface area (Å²) in [6.07, 6.45) is -2.54. The number of guanidine groups is 1. The van der Waals surface area contributed by atoms with E-state index in [1.165, 1.54) is 7.05 Å². The first-order valence-corrected chi connectivity index (χ1v) is 6.79. The average Bonchev–Trinajstić information content (AvgIpc) is 2.25. The summed E-state index contributed by atoms with van der Waals surface area (Å²) in [5.41, 5.74) is 5.07. The highest BCUT2D eigenvalue weighted by Gasteiger charge is 2.16. The van der Waals surface area contributed by atoms with E-state index in [4.69, 9.17) is 35.9 Å². The van der Waals surface area contributed by atoms with Gasteiger partial charge in [-0.15, -0.1) is 4.76 Å². The van der Waals surface area contributed by atoms with Crippen molar-refractivity contribution in [2.45, 2.75) is 12.5 Å². The van der Waals surface area contributed by atoms with Crippen LogP contribution in [0.25, 0.3) is 0 Å². The monoisotopic (exact) mass is 345 g/mol. The van der Waals surface area contributed by atoms with E-state index < -0.39 is 50.7 Å². The van der Waals surface area contributed by atoms with Gasteiger partial charge in [0.15, 0.2) is 6.10 Å². The van der Waals surface area contributed by atoms with Gasteiger partial charge in [0, 0.05) is 7.05 Å². The van der Waals surface area contributed by atoms with E-state index in [0.717, 1.165) is 4.90 Å². The van der Waals surface area contributed by atoms with Crippen LogP contribution in [0.1, 0.15) is 6.42 Å². The van der Waals surface area contributed by atoms with Crippen molar-refractivity contribution in [3.8, 4) is 0 Å². The summed E-state index contributed by atoms with van der Waals surface area (Å²) in [4.78, 5) is 47.1. The lowest BCUT2D eigenvalue weighted by molar-refractivity contribution is -0.152. The molecule has 0 aliphatic heterocycles. The Kier molecular flexibility index (Phi) is 9.71. The molecule has 0 bridgehead atoms. The molecule has 0 radical (unpaired) electrons. The highest BCUT2D eigenvalue weighted by atomic mass is 31.2. The first kappa shape index (κ1) is 22.1. The fourth-order valence-electron chi connectivity index (χ4n) is 0.746. The number of hydrogen-bond acceptors (Lipinski definition) is 5. The molecule has 8 N–H and O–H groups in total. The van der Waals surface area contributed by atoms with Crippen LogP contribution in [0, 0.1) is 0 Å². The molecule has 0 aromatic carbocycles. The van der Waals surface area contributed by atoms with Crippen molar-refractivity contribution in [2.24, 2.45) is 10.5 Å². The third-order valence-electron chi connectivity index (χ3n) is 1.65. The molecular weight excluding hydrogens is 329 g/mol. The number of aliphatic carboxylic acids is 3. The van der Waals surface area contributed by atoms with Gasteiger partial charge in [-0.3, -0.25) is 9.59 Å². The van der Waals surface area contributed by atoms with E-state index in [-0.39, 0.29) is 0 Å². The molecule has 13 nitrogen and oxygen atoms in total. The van der Waals surface area contributed by atoms with E-state index in [1.54, 1.807) is 0 Å². The zero-order chi connectivity index (χ0) is 18.1. The molecule has 0 saturated heterocycles. The van der Waals surface area contributed by atoms with Crippen molar-refractivity contribution in [1.29, 1.82) is 0 Å². The lowest BCUT2D eigenvalue weighted by atomic mass is 10.3. The van der Waals surface area contributed by atoms with Gasteiger partial charge in [0.25, 0.3) is 0 Å². The van der Waals surface area contributed by atoms with Gasteiger partial charge in [0.2, 0.25) is 5.96 Å². The van der Waals surface area contributed by atoms with Crippen LogP contribution in [0.5, 0.6) is 0 Å². The Morgan fingerprint density at radius 2 is 1.64 bits per heavy atom. The summed E-state index contributed by atoms with van der Waals surface area (Å²) in [5.74, 6) is -4.54. The SMILES string of the molecule is CN(CC(=O)O)/C(N)=N/P(=O)(O)O.O=C(O)CC(O)C(=O)O. The average molecular weight is 345 g/mol. The molecule has 0 fully saturated rings. The maximum absolute atomic E-state index is 10.3. The first-order valence-electron chi connectivity index (χ1n) is 5.23. The van der Waals surface area contributed by atoms with Crippen molar-refractivity contribution < 1.29 is 49.2 Å². The van der Waals surface area contributed by atoms with Crippen LogP contribution < -0.4 is 5.73 Å². The summed E-state index contributed by atoms with van der Waals surface area (Å²) in [5, 5.41) is 32.4. The number of likely N-dealkylation sites (N-methyl/N-ethyl adjacent to an activating group) is 1. The number of rotatable bonds is 6. The Bertz CT molecular complexity index is 487. The minimum Gasteiger partial charge on any atom is -0.481 e. The molecule has 0 rings (SSSR count). The predicted molar refractivity (Wildman–Crippen MR) is 69.8 cm³/mol. The smallest absolute Gasteiger partial charge is 0.451 e. The highest BCUT2D eigenvalue weighted by Crippen LogP contribution is 2.35. The van der Waals surface area contributed by atoms with Crippen LogP contribution in [-0.2, 0) is 18.9 Å². The zero-order valence-corrected chi connectivity index (χ0v) is 12.1. The van der Waals surface area contributed by atoms with Crippen LogP contribution in [-0.4, -0.2) is 78.7 Å². The van der Waals surface area contributed by atoms with Gasteiger partial charge in [-0.05, 0) is 0 Å². The van der Waals surface area contributed by atoms with E-state index in [1.807, 2.05) is 0 Å². The second-order valence-corrected chi connectivity index (χ2v) is 4.90. The first-order chi connectivity index (χ1) is 9.76. The van der Waals surface area contributed by atoms with E-state index in [0.29, 0.717) is 0 Å². The largest absolute Gasteiger partial charge is 0.481 e. The van der Waals surface area contributed by atoms with Crippen molar-refractivity contribution in [2.75, 3.05) is 13.6 Å². The summed E-state index contributed by atoms with van der Waals surface area (Å²) >= 11 is 0. The molecule has 0 saturated carbocycles. The Balaban J connectivity index is 0. The maximum Gasteiger partial charge on any atom is 0.451 e. The fraction of sp³-hybridized carbons (Fsp3) is 0.500. The van der Waals surface area contributed by atoms with Gasteiger partial charge < -0.3 is 40.8 Å². The highest BCUT2D eigenvalue weighted by molar-refractivity contribution is 7.50. The van der Waals surface area contributed by atoms with Crippen LogP contribution in [0.3, 0.4) is 0 Å². The molecule has 1 unspecified atom stereocenters. The van der Waals surface area contributed by atoms with Crippen LogP contribution >= 0.6 is 7.75 Å². The van der Waals surface area contributed by atoms with Crippen molar-refractivity contribution in [3.63, 3.8) is 0 Å². The van der Waals surface area contributed by atoms with Gasteiger partial charge in [-0.25, -0.2) is 9.36 Å². The molecule has 0 aliphatic carbocycles. The zero-order valence-electron chi connectivity index (χ0n) is 11.2.